The standard InChI is InChI=1S/C8H7ClN2O4/c9-5-1-2-7(15-4-8(10)12)6(3-5)11(13)14/h1-3H,4H2,(H2,10,12). The lowest BCUT2D eigenvalue weighted by Gasteiger charge is -2.04. The molecule has 0 heterocycles. The van der Waals surface area contributed by atoms with Crippen molar-refractivity contribution in [3.63, 3.8) is 0 Å². The number of nitrogens with zero attached hydrogens (tertiary/aromatic N) is 1. The average Bonchev–Trinajstić information content (AvgIpc) is 2.15. The van der Waals surface area contributed by atoms with Crippen LogP contribution in [0.1, 0.15) is 0 Å². The molecule has 0 aliphatic carbocycles. The number of nitrogens with two attached hydrogens (primary N) is 1. The number of benzene rings is 1. The van der Waals surface area contributed by atoms with E-state index in [1.54, 1.807) is 0 Å². The van der Waals surface area contributed by atoms with Crippen LogP contribution in [0.4, 0.5) is 5.69 Å². The monoisotopic (exact) mass is 230 g/mol. The van der Waals surface area contributed by atoms with Gasteiger partial charge in [0.2, 0.25) is 0 Å². The average molecular weight is 231 g/mol. The van der Waals surface area contributed by atoms with Gasteiger partial charge in [-0.15, -0.1) is 0 Å². The summed E-state index contributed by atoms with van der Waals surface area (Å²) in [6.07, 6.45) is 0. The second kappa shape index (κ2) is 4.61. The van der Waals surface area contributed by atoms with E-state index in [1.807, 2.05) is 0 Å². The number of rotatable bonds is 4. The van der Waals surface area contributed by atoms with E-state index < -0.39 is 17.4 Å². The lowest BCUT2D eigenvalue weighted by Crippen LogP contribution is -2.20. The molecule has 7 heteroatoms. The first-order valence-electron chi connectivity index (χ1n) is 3.85. The molecule has 15 heavy (non-hydrogen) atoms. The van der Waals surface area contributed by atoms with Gasteiger partial charge in [0.05, 0.1) is 4.92 Å². The van der Waals surface area contributed by atoms with Crippen molar-refractivity contribution < 1.29 is 14.5 Å². The molecule has 0 aliphatic rings. The number of nitro benzene ring substituents is 1. The predicted molar refractivity (Wildman–Crippen MR) is 52.8 cm³/mol. The van der Waals surface area contributed by atoms with Gasteiger partial charge in [0.1, 0.15) is 0 Å². The fraction of sp³-hybridized carbons (Fsp3) is 0.125. The summed E-state index contributed by atoms with van der Waals surface area (Å²) in [7, 11) is 0. The highest BCUT2D eigenvalue weighted by molar-refractivity contribution is 6.30. The first-order chi connectivity index (χ1) is 7.00. The molecule has 0 saturated heterocycles. The zero-order valence-corrected chi connectivity index (χ0v) is 8.23. The van der Waals surface area contributed by atoms with Crippen LogP contribution in [-0.4, -0.2) is 17.4 Å². The number of amides is 1. The number of carbonyl (C=O) groups excluding carboxylic acids is 1. The van der Waals surface area contributed by atoms with E-state index in [-0.39, 0.29) is 16.5 Å². The summed E-state index contributed by atoms with van der Waals surface area (Å²) < 4.78 is 4.84. The number of nitro groups is 1. The Kier molecular flexibility index (Phi) is 3.46. The van der Waals surface area contributed by atoms with Gasteiger partial charge >= 0.3 is 5.69 Å². The van der Waals surface area contributed by atoms with E-state index in [2.05, 4.69) is 0 Å². The zero-order chi connectivity index (χ0) is 11.4. The molecule has 1 aromatic rings. The zero-order valence-electron chi connectivity index (χ0n) is 7.47. The minimum Gasteiger partial charge on any atom is -0.477 e. The van der Waals surface area contributed by atoms with Gasteiger partial charge in [-0.05, 0) is 12.1 Å². The molecule has 0 aliphatic heterocycles. The molecule has 6 nitrogen and oxygen atoms in total. The van der Waals surface area contributed by atoms with Gasteiger partial charge in [0, 0.05) is 11.1 Å². The van der Waals surface area contributed by atoms with Crippen molar-refractivity contribution in [2.75, 3.05) is 6.61 Å². The number of ether oxygens (including phenoxy) is 1. The van der Waals surface area contributed by atoms with E-state index in [9.17, 15) is 14.9 Å². The van der Waals surface area contributed by atoms with Gasteiger partial charge < -0.3 is 10.5 Å². The molecule has 2 N–H and O–H groups in total. The Morgan fingerprint density at radius 1 is 1.60 bits per heavy atom. The van der Waals surface area contributed by atoms with Gasteiger partial charge in [0.25, 0.3) is 5.91 Å². The summed E-state index contributed by atoms with van der Waals surface area (Å²) in [4.78, 5) is 20.3. The minimum absolute atomic E-state index is 0.0387. The maximum Gasteiger partial charge on any atom is 0.312 e. The molecule has 0 radical (unpaired) electrons. The minimum atomic E-state index is -0.709. The molecular weight excluding hydrogens is 224 g/mol. The van der Waals surface area contributed by atoms with Gasteiger partial charge in [-0.25, -0.2) is 0 Å². The molecule has 1 amide bonds. The molecule has 0 fully saturated rings. The summed E-state index contributed by atoms with van der Waals surface area (Å²) >= 11 is 5.57. The molecule has 0 aromatic heterocycles. The number of carbonyl (C=O) groups is 1. The lowest BCUT2D eigenvalue weighted by atomic mass is 10.3. The Labute approximate surface area is 89.7 Å². The topological polar surface area (TPSA) is 95.5 Å². The molecular formula is C8H7ClN2O4. The van der Waals surface area contributed by atoms with Crippen molar-refractivity contribution in [2.45, 2.75) is 0 Å². The van der Waals surface area contributed by atoms with Crippen LogP contribution in [-0.2, 0) is 4.79 Å². The van der Waals surface area contributed by atoms with Crippen LogP contribution in [0.25, 0.3) is 0 Å². The lowest BCUT2D eigenvalue weighted by molar-refractivity contribution is -0.385. The summed E-state index contributed by atoms with van der Waals surface area (Å²) in [5.41, 5.74) is 4.53. The molecule has 0 unspecified atom stereocenters. The van der Waals surface area contributed by atoms with Crippen LogP contribution in [0.3, 0.4) is 0 Å². The van der Waals surface area contributed by atoms with E-state index in [0.717, 1.165) is 6.07 Å². The normalized spacial score (nSPS) is 9.67. The highest BCUT2D eigenvalue weighted by atomic mass is 35.5. The SMILES string of the molecule is NC(=O)COc1ccc(Cl)cc1[N+](=O)[O-]. The first-order valence-corrected chi connectivity index (χ1v) is 4.23. The van der Waals surface area contributed by atoms with Crippen LogP contribution < -0.4 is 10.5 Å². The van der Waals surface area contributed by atoms with Gasteiger partial charge in [0.15, 0.2) is 12.4 Å². The quantitative estimate of drug-likeness (QED) is 0.619. The van der Waals surface area contributed by atoms with Crippen molar-refractivity contribution in [3.05, 3.63) is 33.3 Å². The van der Waals surface area contributed by atoms with Crippen molar-refractivity contribution in [3.8, 4) is 5.75 Å². The van der Waals surface area contributed by atoms with E-state index in [4.69, 9.17) is 22.1 Å². The predicted octanol–water partition coefficient (Wildman–Crippen LogP) is 1.11. The van der Waals surface area contributed by atoms with Crippen LogP contribution in [0.15, 0.2) is 18.2 Å². The summed E-state index contributed by atoms with van der Waals surface area (Å²) in [5, 5.41) is 10.8. The van der Waals surface area contributed by atoms with Crippen molar-refractivity contribution >= 4 is 23.2 Å². The maximum atomic E-state index is 10.6. The summed E-state index contributed by atoms with van der Waals surface area (Å²) in [6, 6.07) is 3.87. The molecule has 1 aromatic carbocycles. The van der Waals surface area contributed by atoms with Crippen molar-refractivity contribution in [2.24, 2.45) is 5.73 Å². The van der Waals surface area contributed by atoms with Crippen molar-refractivity contribution in [1.29, 1.82) is 0 Å². The fourth-order valence-corrected chi connectivity index (χ4v) is 1.07. The molecule has 0 spiro atoms. The van der Waals surface area contributed by atoms with E-state index in [0.29, 0.717) is 0 Å². The maximum absolute atomic E-state index is 10.6. The molecule has 80 valence electrons. The van der Waals surface area contributed by atoms with Gasteiger partial charge in [-0.3, -0.25) is 14.9 Å². The Morgan fingerprint density at radius 2 is 2.27 bits per heavy atom. The molecule has 1 rings (SSSR count). The van der Waals surface area contributed by atoms with Crippen LogP contribution in [0.2, 0.25) is 5.02 Å². The third-order valence-electron chi connectivity index (χ3n) is 1.49. The van der Waals surface area contributed by atoms with Crippen LogP contribution in [0, 0.1) is 10.1 Å². The van der Waals surface area contributed by atoms with E-state index in [1.165, 1.54) is 12.1 Å². The molecule has 0 saturated carbocycles. The number of hydrogen-bond acceptors (Lipinski definition) is 4. The smallest absolute Gasteiger partial charge is 0.312 e. The van der Waals surface area contributed by atoms with Crippen molar-refractivity contribution in [1.82, 2.24) is 0 Å². The molecule has 0 atom stereocenters. The Bertz CT molecular complexity index is 408. The van der Waals surface area contributed by atoms with Gasteiger partial charge in [-0.1, -0.05) is 11.6 Å². The van der Waals surface area contributed by atoms with Crippen LogP contribution >= 0.6 is 11.6 Å². The largest absolute Gasteiger partial charge is 0.477 e. The second-order valence-corrected chi connectivity index (χ2v) is 3.06. The summed E-state index contributed by atoms with van der Waals surface area (Å²) in [6.45, 7) is -0.414. The Morgan fingerprint density at radius 3 is 2.80 bits per heavy atom. The molecule has 0 bridgehead atoms. The van der Waals surface area contributed by atoms with E-state index >= 15 is 0 Å². The number of halogens is 1. The Balaban J connectivity index is 2.95. The van der Waals surface area contributed by atoms with Gasteiger partial charge in [-0.2, -0.15) is 0 Å². The fourth-order valence-electron chi connectivity index (χ4n) is 0.904. The number of primary amides is 1. The summed E-state index contributed by atoms with van der Waals surface area (Å²) in [5.74, 6) is -0.748. The van der Waals surface area contributed by atoms with Crippen LogP contribution in [0.5, 0.6) is 5.75 Å². The third-order valence-corrected chi connectivity index (χ3v) is 1.72. The number of hydrogen-bond donors (Lipinski definition) is 1. The first kappa shape index (κ1) is 11.3. The second-order valence-electron chi connectivity index (χ2n) is 2.62. The highest BCUT2D eigenvalue weighted by Crippen LogP contribution is 2.29. The Hall–Kier alpha value is -1.82. The highest BCUT2D eigenvalue weighted by Gasteiger charge is 2.15. The third kappa shape index (κ3) is 3.10.